The minimum Gasteiger partial charge on any atom is -0.448 e. The Morgan fingerprint density at radius 2 is 1.86 bits per heavy atom. The van der Waals surface area contributed by atoms with Gasteiger partial charge in [-0.3, -0.25) is 9.59 Å². The third kappa shape index (κ3) is 6.54. The fraction of sp³-hybridized carbons (Fsp3) is 0.531. The lowest BCUT2D eigenvalue weighted by molar-refractivity contribution is -0.0704. The Kier molecular flexibility index (Phi) is 9.77. The zero-order valence-electron chi connectivity index (χ0n) is 26.3. The summed E-state index contributed by atoms with van der Waals surface area (Å²) < 4.78 is 18.6. The summed E-state index contributed by atoms with van der Waals surface area (Å²) in [5.41, 5.74) is 4.41. The molecule has 9 nitrogen and oxygen atoms in total. The molecular formula is C32H44N4O5S. The van der Waals surface area contributed by atoms with E-state index in [1.165, 1.54) is 11.8 Å². The maximum Gasteiger partial charge on any atom is 0.254 e. The minimum absolute atomic E-state index is 0.0989. The maximum atomic E-state index is 13.7. The van der Waals surface area contributed by atoms with E-state index < -0.39 is 5.79 Å². The number of fused-ring (bicyclic) bond motifs is 1. The van der Waals surface area contributed by atoms with Gasteiger partial charge in [0.2, 0.25) is 5.79 Å². The number of aryl methyl sites for hydroxylation is 3. The highest BCUT2D eigenvalue weighted by atomic mass is 32.2. The fourth-order valence-corrected chi connectivity index (χ4v) is 6.46. The van der Waals surface area contributed by atoms with Gasteiger partial charge < -0.3 is 29.2 Å². The Labute approximate surface area is 252 Å². The normalized spacial score (nSPS) is 16.7. The Morgan fingerprint density at radius 3 is 2.48 bits per heavy atom. The zero-order valence-corrected chi connectivity index (χ0v) is 27.1. The fourth-order valence-electron chi connectivity index (χ4n) is 5.75. The van der Waals surface area contributed by atoms with Gasteiger partial charge in [-0.25, -0.2) is 0 Å². The molecule has 0 spiro atoms. The molecule has 0 radical (unpaired) electrons. The van der Waals surface area contributed by atoms with Crippen LogP contribution >= 0.6 is 11.8 Å². The number of nitrogens with zero attached hydrogens (tertiary/aromatic N) is 2. The molecule has 4 rings (SSSR count). The molecule has 2 N–H and O–H groups in total. The Balaban J connectivity index is 1.66. The van der Waals surface area contributed by atoms with E-state index in [9.17, 15) is 9.59 Å². The first-order valence-corrected chi connectivity index (χ1v) is 15.8. The number of carbonyl (C=O) groups excluding carboxylic acids is 1. The molecule has 0 bridgehead atoms. The van der Waals surface area contributed by atoms with Gasteiger partial charge in [0.25, 0.3) is 11.5 Å². The molecule has 2 atom stereocenters. The highest BCUT2D eigenvalue weighted by molar-refractivity contribution is 7.98. The van der Waals surface area contributed by atoms with E-state index in [0.29, 0.717) is 57.7 Å². The second-order valence-electron chi connectivity index (χ2n) is 11.6. The highest BCUT2D eigenvalue weighted by Gasteiger charge is 2.41. The molecule has 0 saturated heterocycles. The van der Waals surface area contributed by atoms with Crippen LogP contribution < -0.4 is 20.3 Å². The lowest BCUT2D eigenvalue weighted by Crippen LogP contribution is -2.35. The molecule has 3 aromatic rings. The van der Waals surface area contributed by atoms with Gasteiger partial charge in [0.05, 0.1) is 11.3 Å². The van der Waals surface area contributed by atoms with Crippen LogP contribution in [0, 0.1) is 27.7 Å². The summed E-state index contributed by atoms with van der Waals surface area (Å²) >= 11 is 1.48. The number of aromatic amines is 1. The number of amides is 1. The molecule has 10 heteroatoms. The third-order valence-corrected chi connectivity index (χ3v) is 8.87. The number of benzene rings is 1. The smallest absolute Gasteiger partial charge is 0.254 e. The van der Waals surface area contributed by atoms with E-state index in [1.54, 1.807) is 0 Å². The van der Waals surface area contributed by atoms with Crippen molar-refractivity contribution in [3.63, 3.8) is 0 Å². The van der Waals surface area contributed by atoms with Crippen LogP contribution in [-0.4, -0.2) is 53.1 Å². The molecule has 3 heterocycles. The van der Waals surface area contributed by atoms with Crippen molar-refractivity contribution in [1.29, 1.82) is 0 Å². The first-order valence-electron chi connectivity index (χ1n) is 14.6. The van der Waals surface area contributed by atoms with Crippen molar-refractivity contribution < 1.29 is 18.8 Å². The molecule has 42 heavy (non-hydrogen) atoms. The van der Waals surface area contributed by atoms with Gasteiger partial charge in [-0.1, -0.05) is 18.5 Å². The van der Waals surface area contributed by atoms with E-state index in [1.807, 2.05) is 53.0 Å². The maximum absolute atomic E-state index is 13.7. The number of thioether (sulfide) groups is 1. The van der Waals surface area contributed by atoms with E-state index >= 15 is 0 Å². The van der Waals surface area contributed by atoms with Crippen molar-refractivity contribution in [3.05, 3.63) is 56.3 Å². The average molecular weight is 597 g/mol. The first-order chi connectivity index (χ1) is 19.9. The van der Waals surface area contributed by atoms with Crippen LogP contribution in [0.3, 0.4) is 0 Å². The largest absolute Gasteiger partial charge is 0.448 e. The van der Waals surface area contributed by atoms with Gasteiger partial charge in [-0.05, 0) is 79.4 Å². The minimum atomic E-state index is -0.874. The number of ether oxygens (including phenoxy) is 2. The van der Waals surface area contributed by atoms with Crippen molar-refractivity contribution in [2.24, 2.45) is 0 Å². The topological polar surface area (TPSA) is 110 Å². The van der Waals surface area contributed by atoms with Gasteiger partial charge in [0, 0.05) is 58.8 Å². The monoisotopic (exact) mass is 596 g/mol. The van der Waals surface area contributed by atoms with E-state index in [-0.39, 0.29) is 18.0 Å². The number of nitrogens with one attached hydrogen (secondary N) is 2. The molecule has 2 aromatic heterocycles. The number of hydrogen-bond acceptors (Lipinski definition) is 8. The van der Waals surface area contributed by atoms with E-state index in [4.69, 9.17) is 14.0 Å². The van der Waals surface area contributed by atoms with Crippen molar-refractivity contribution >= 4 is 17.7 Å². The predicted octanol–water partition coefficient (Wildman–Crippen LogP) is 6.30. The lowest BCUT2D eigenvalue weighted by atomic mass is 9.96. The lowest BCUT2D eigenvalue weighted by Gasteiger charge is -2.27. The number of carbonyl (C=O) groups is 1. The van der Waals surface area contributed by atoms with Crippen molar-refractivity contribution in [2.45, 2.75) is 96.9 Å². The van der Waals surface area contributed by atoms with Crippen molar-refractivity contribution in [1.82, 2.24) is 20.4 Å². The summed E-state index contributed by atoms with van der Waals surface area (Å²) in [7, 11) is 4.26. The van der Waals surface area contributed by atoms with Gasteiger partial charge in [-0.15, -0.1) is 11.8 Å². The van der Waals surface area contributed by atoms with Crippen LogP contribution in [0.15, 0.2) is 26.3 Å². The average Bonchev–Trinajstić information content (AvgIpc) is 3.46. The summed E-state index contributed by atoms with van der Waals surface area (Å²) in [6, 6.07) is 4.24. The molecule has 0 aliphatic carbocycles. The number of aromatic nitrogens is 2. The summed E-state index contributed by atoms with van der Waals surface area (Å²) in [5.74, 6) is 0.600. The zero-order chi connectivity index (χ0) is 30.8. The molecule has 0 saturated carbocycles. The second-order valence-corrected chi connectivity index (χ2v) is 12.4. The van der Waals surface area contributed by atoms with E-state index in [0.717, 1.165) is 41.8 Å². The van der Waals surface area contributed by atoms with Crippen LogP contribution in [0.2, 0.25) is 0 Å². The number of pyridine rings is 1. The van der Waals surface area contributed by atoms with Crippen molar-refractivity contribution in [3.8, 4) is 22.6 Å². The Bertz CT molecular complexity index is 1490. The van der Waals surface area contributed by atoms with Gasteiger partial charge in [-0.2, -0.15) is 0 Å². The van der Waals surface area contributed by atoms with Crippen LogP contribution in [0.1, 0.15) is 84.6 Å². The van der Waals surface area contributed by atoms with Crippen LogP contribution in [0.25, 0.3) is 11.1 Å². The molecule has 1 aliphatic heterocycles. The molecule has 2 unspecified atom stereocenters. The summed E-state index contributed by atoms with van der Waals surface area (Å²) in [6.07, 6.45) is 6.87. The van der Waals surface area contributed by atoms with E-state index in [2.05, 4.69) is 41.4 Å². The van der Waals surface area contributed by atoms with Gasteiger partial charge in [0.1, 0.15) is 5.76 Å². The summed E-state index contributed by atoms with van der Waals surface area (Å²) in [4.78, 5) is 32.3. The third-order valence-electron chi connectivity index (χ3n) is 8.06. The standard InChI is InChI=1S/C32H44N4O5S/c1-10-12-22(36(7)8)13-11-14-32(6)39-28-19(3)23(16-24(29(28)40-32)27-20(4)35-41-21(27)5)30(37)33-17-25-26(42-9)15-18(2)34-31(25)38/h15-16,22H,10-14,17H2,1-9H3,(H,33,37)(H,34,38). The quantitative estimate of drug-likeness (QED) is 0.234. The van der Waals surface area contributed by atoms with Crippen molar-refractivity contribution in [2.75, 3.05) is 20.4 Å². The Hall–Kier alpha value is -3.24. The number of rotatable bonds is 12. The highest BCUT2D eigenvalue weighted by Crippen LogP contribution is 2.51. The number of hydrogen-bond donors (Lipinski definition) is 2. The SMILES string of the molecule is CCCC(CCCC1(C)Oc2c(-c3c(C)noc3C)cc(C(=O)NCc3c(SC)cc(C)[nH]c3=O)c(C)c2O1)N(C)C. The van der Waals surface area contributed by atoms with Crippen LogP contribution in [0.4, 0.5) is 0 Å². The first kappa shape index (κ1) is 31.7. The molecule has 1 aliphatic rings. The summed E-state index contributed by atoms with van der Waals surface area (Å²) in [6.45, 7) is 11.7. The van der Waals surface area contributed by atoms with Crippen LogP contribution in [-0.2, 0) is 6.54 Å². The molecule has 1 aromatic carbocycles. The molecule has 1 amide bonds. The molecule has 228 valence electrons. The van der Waals surface area contributed by atoms with Gasteiger partial charge in [0.15, 0.2) is 11.5 Å². The Morgan fingerprint density at radius 1 is 1.14 bits per heavy atom. The van der Waals surface area contributed by atoms with Crippen LogP contribution in [0.5, 0.6) is 11.5 Å². The molecule has 0 fully saturated rings. The second kappa shape index (κ2) is 13.0. The predicted molar refractivity (Wildman–Crippen MR) is 167 cm³/mol. The number of H-pyrrole nitrogens is 1. The summed E-state index contributed by atoms with van der Waals surface area (Å²) in [5, 5.41) is 7.11. The molecular weight excluding hydrogens is 552 g/mol. The van der Waals surface area contributed by atoms with Gasteiger partial charge >= 0.3 is 0 Å².